The van der Waals surface area contributed by atoms with Crippen LogP contribution in [-0.4, -0.2) is 31.6 Å². The van der Waals surface area contributed by atoms with Crippen molar-refractivity contribution in [2.75, 3.05) is 19.7 Å². The number of carbonyl (C=O) groups is 1. The Hall–Kier alpha value is -1.59. The number of nitrogens with one attached hydrogen (secondary N) is 3. The predicted octanol–water partition coefficient (Wildman–Crippen LogP) is 1.56. The number of hydrazine groups is 1. The molecule has 5 nitrogen and oxygen atoms in total. The third-order valence-electron chi connectivity index (χ3n) is 3.61. The van der Waals surface area contributed by atoms with Crippen molar-refractivity contribution in [1.82, 2.24) is 16.2 Å². The number of amides is 1. The molecule has 0 radical (unpaired) electrons. The van der Waals surface area contributed by atoms with E-state index in [4.69, 9.17) is 4.74 Å². The molecular weight excluding hydrogens is 266 g/mol. The maximum atomic E-state index is 11.7. The van der Waals surface area contributed by atoms with Crippen LogP contribution in [0.5, 0.6) is 5.75 Å². The SMILES string of the molecule is CC(C)c1ccc(OCCC(=O)NCC2CCNN2)cc1. The third-order valence-corrected chi connectivity index (χ3v) is 3.61. The number of benzene rings is 1. The van der Waals surface area contributed by atoms with Gasteiger partial charge in [0.15, 0.2) is 0 Å². The van der Waals surface area contributed by atoms with Gasteiger partial charge in [-0.05, 0) is 30.0 Å². The molecule has 2 rings (SSSR count). The fraction of sp³-hybridized carbons (Fsp3) is 0.562. The Morgan fingerprint density at radius 1 is 1.38 bits per heavy atom. The summed E-state index contributed by atoms with van der Waals surface area (Å²) in [6.45, 7) is 6.35. The Bertz CT molecular complexity index is 439. The monoisotopic (exact) mass is 291 g/mol. The Kier molecular flexibility index (Phi) is 6.02. The number of hydrogen-bond acceptors (Lipinski definition) is 4. The van der Waals surface area contributed by atoms with Crippen molar-refractivity contribution in [2.24, 2.45) is 0 Å². The Morgan fingerprint density at radius 3 is 2.76 bits per heavy atom. The van der Waals surface area contributed by atoms with Gasteiger partial charge >= 0.3 is 0 Å². The number of carbonyl (C=O) groups excluding carboxylic acids is 1. The maximum Gasteiger partial charge on any atom is 0.223 e. The molecule has 0 saturated carbocycles. The van der Waals surface area contributed by atoms with Crippen molar-refractivity contribution in [2.45, 2.75) is 38.6 Å². The summed E-state index contributed by atoms with van der Waals surface area (Å²) < 4.78 is 5.59. The fourth-order valence-corrected chi connectivity index (χ4v) is 2.22. The van der Waals surface area contributed by atoms with Gasteiger partial charge in [0, 0.05) is 19.1 Å². The van der Waals surface area contributed by atoms with Crippen LogP contribution in [-0.2, 0) is 4.79 Å². The van der Waals surface area contributed by atoms with Crippen molar-refractivity contribution in [3.8, 4) is 5.75 Å². The predicted molar refractivity (Wildman–Crippen MR) is 83.2 cm³/mol. The van der Waals surface area contributed by atoms with Crippen LogP contribution >= 0.6 is 0 Å². The largest absolute Gasteiger partial charge is 0.493 e. The summed E-state index contributed by atoms with van der Waals surface area (Å²) in [7, 11) is 0. The van der Waals surface area contributed by atoms with Gasteiger partial charge in [-0.15, -0.1) is 0 Å². The van der Waals surface area contributed by atoms with E-state index in [-0.39, 0.29) is 5.91 Å². The van der Waals surface area contributed by atoms with Gasteiger partial charge in [0.25, 0.3) is 0 Å². The molecule has 1 aromatic carbocycles. The van der Waals surface area contributed by atoms with Crippen molar-refractivity contribution >= 4 is 5.91 Å². The minimum atomic E-state index is 0.0301. The fourth-order valence-electron chi connectivity index (χ4n) is 2.22. The lowest BCUT2D eigenvalue weighted by molar-refractivity contribution is -0.121. The highest BCUT2D eigenvalue weighted by atomic mass is 16.5. The first-order valence-corrected chi connectivity index (χ1v) is 7.63. The molecular formula is C16H25N3O2. The molecule has 1 fully saturated rings. The average Bonchev–Trinajstić information content (AvgIpc) is 2.99. The second kappa shape index (κ2) is 8.00. The highest BCUT2D eigenvalue weighted by Crippen LogP contribution is 2.18. The molecule has 0 aromatic heterocycles. The molecule has 1 atom stereocenters. The molecule has 1 heterocycles. The van der Waals surface area contributed by atoms with Gasteiger partial charge in [-0.3, -0.25) is 15.6 Å². The second-order valence-corrected chi connectivity index (χ2v) is 5.68. The topological polar surface area (TPSA) is 62.4 Å². The lowest BCUT2D eigenvalue weighted by Gasteiger charge is -2.11. The van der Waals surface area contributed by atoms with E-state index in [2.05, 4.69) is 42.1 Å². The zero-order chi connectivity index (χ0) is 15.1. The molecule has 5 heteroatoms. The van der Waals surface area contributed by atoms with Gasteiger partial charge in [0.1, 0.15) is 5.75 Å². The lowest BCUT2D eigenvalue weighted by Crippen LogP contribution is -2.40. The Balaban J connectivity index is 1.62. The molecule has 1 amide bonds. The first kappa shape index (κ1) is 15.8. The molecule has 1 aliphatic rings. The smallest absolute Gasteiger partial charge is 0.223 e. The zero-order valence-electron chi connectivity index (χ0n) is 12.8. The van der Waals surface area contributed by atoms with Crippen LogP contribution in [0.25, 0.3) is 0 Å². The number of ether oxygens (including phenoxy) is 1. The molecule has 1 aliphatic heterocycles. The summed E-state index contributed by atoms with van der Waals surface area (Å²) >= 11 is 0. The van der Waals surface area contributed by atoms with Crippen LogP contribution in [0.2, 0.25) is 0 Å². The molecule has 0 spiro atoms. The van der Waals surface area contributed by atoms with E-state index in [9.17, 15) is 4.79 Å². The molecule has 3 N–H and O–H groups in total. The van der Waals surface area contributed by atoms with Crippen LogP contribution in [0.3, 0.4) is 0 Å². The molecule has 21 heavy (non-hydrogen) atoms. The van der Waals surface area contributed by atoms with Gasteiger partial charge < -0.3 is 10.1 Å². The summed E-state index contributed by atoms with van der Waals surface area (Å²) in [5.41, 5.74) is 7.45. The lowest BCUT2D eigenvalue weighted by atomic mass is 10.0. The summed E-state index contributed by atoms with van der Waals surface area (Å²) in [6, 6.07) is 8.39. The van der Waals surface area contributed by atoms with Gasteiger partial charge in [-0.25, -0.2) is 0 Å². The van der Waals surface area contributed by atoms with Gasteiger partial charge in [-0.2, -0.15) is 0 Å². The van der Waals surface area contributed by atoms with Gasteiger partial charge in [0.2, 0.25) is 5.91 Å². The van der Waals surface area contributed by atoms with Crippen molar-refractivity contribution in [1.29, 1.82) is 0 Å². The first-order valence-electron chi connectivity index (χ1n) is 7.63. The summed E-state index contributed by atoms with van der Waals surface area (Å²) in [5.74, 6) is 1.36. The molecule has 1 aromatic rings. The third kappa shape index (κ3) is 5.36. The van der Waals surface area contributed by atoms with E-state index >= 15 is 0 Å². The van der Waals surface area contributed by atoms with Crippen molar-refractivity contribution in [3.05, 3.63) is 29.8 Å². The van der Waals surface area contributed by atoms with E-state index in [1.165, 1.54) is 5.56 Å². The molecule has 0 bridgehead atoms. The first-order chi connectivity index (χ1) is 10.1. The van der Waals surface area contributed by atoms with Crippen LogP contribution in [0.15, 0.2) is 24.3 Å². The number of rotatable bonds is 7. The summed E-state index contributed by atoms with van der Waals surface area (Å²) in [6.07, 6.45) is 1.42. The second-order valence-electron chi connectivity index (χ2n) is 5.68. The van der Waals surface area contributed by atoms with E-state index in [1.54, 1.807) is 0 Å². The summed E-state index contributed by atoms with van der Waals surface area (Å²) in [5, 5.41) is 2.91. The van der Waals surface area contributed by atoms with Crippen molar-refractivity contribution in [3.63, 3.8) is 0 Å². The quantitative estimate of drug-likeness (QED) is 0.713. The number of hydrogen-bond donors (Lipinski definition) is 3. The average molecular weight is 291 g/mol. The van der Waals surface area contributed by atoms with E-state index < -0.39 is 0 Å². The maximum absolute atomic E-state index is 11.7. The Morgan fingerprint density at radius 2 is 2.14 bits per heavy atom. The van der Waals surface area contributed by atoms with Crippen LogP contribution in [0, 0.1) is 0 Å². The van der Waals surface area contributed by atoms with Crippen LogP contribution < -0.4 is 20.9 Å². The Labute approximate surface area is 126 Å². The minimum Gasteiger partial charge on any atom is -0.493 e. The highest BCUT2D eigenvalue weighted by molar-refractivity contribution is 5.76. The normalized spacial score (nSPS) is 18.0. The van der Waals surface area contributed by atoms with E-state index in [0.29, 0.717) is 31.5 Å². The minimum absolute atomic E-state index is 0.0301. The molecule has 1 saturated heterocycles. The summed E-state index contributed by atoms with van der Waals surface area (Å²) in [4.78, 5) is 11.7. The standard InChI is InChI=1S/C16H25N3O2/c1-12(2)13-3-5-15(6-4-13)21-10-8-16(20)17-11-14-7-9-18-19-14/h3-6,12,14,18-19H,7-11H2,1-2H3,(H,17,20). The highest BCUT2D eigenvalue weighted by Gasteiger charge is 2.14. The van der Waals surface area contributed by atoms with Crippen molar-refractivity contribution < 1.29 is 9.53 Å². The molecule has 116 valence electrons. The van der Waals surface area contributed by atoms with Crippen LogP contribution in [0.4, 0.5) is 0 Å². The molecule has 0 aliphatic carbocycles. The van der Waals surface area contributed by atoms with Gasteiger partial charge in [-0.1, -0.05) is 26.0 Å². The van der Waals surface area contributed by atoms with E-state index in [0.717, 1.165) is 18.7 Å². The van der Waals surface area contributed by atoms with E-state index in [1.807, 2.05) is 12.1 Å². The zero-order valence-corrected chi connectivity index (χ0v) is 12.8. The van der Waals surface area contributed by atoms with Gasteiger partial charge in [0.05, 0.1) is 13.0 Å². The molecule has 1 unspecified atom stereocenters. The van der Waals surface area contributed by atoms with Crippen LogP contribution in [0.1, 0.15) is 38.2 Å².